The molecule has 11 nitrogen and oxygen atoms in total. The van der Waals surface area contributed by atoms with E-state index in [2.05, 4.69) is 25.5 Å². The van der Waals surface area contributed by atoms with Crippen LogP contribution in [0.1, 0.15) is 49.0 Å². The van der Waals surface area contributed by atoms with Crippen LogP contribution in [-0.2, 0) is 22.6 Å². The van der Waals surface area contributed by atoms with Crippen LogP contribution in [0.5, 0.6) is 11.8 Å². The molecule has 2 atom stereocenters. The average Bonchev–Trinajstić information content (AvgIpc) is 3.76. The molecular weight excluding hydrogens is 673 g/mol. The molecule has 7 rings (SSSR count). The number of carbonyl (C=O) groups is 2. The van der Waals surface area contributed by atoms with Crippen LogP contribution in [-0.4, -0.2) is 89.6 Å². The second-order valence-electron chi connectivity index (χ2n) is 13.2. The van der Waals surface area contributed by atoms with E-state index in [-0.39, 0.29) is 29.5 Å². The van der Waals surface area contributed by atoms with Crippen molar-refractivity contribution in [2.75, 3.05) is 46.9 Å². The number of ether oxygens (including phenoxy) is 2. The molecule has 0 spiro atoms. The van der Waals surface area contributed by atoms with E-state index in [1.165, 1.54) is 7.11 Å². The number of amides is 2. The minimum absolute atomic E-state index is 0.0619. The van der Waals surface area contributed by atoms with E-state index >= 15 is 4.39 Å². The zero-order valence-corrected chi connectivity index (χ0v) is 29.7. The second kappa shape index (κ2) is 14.9. The summed E-state index contributed by atoms with van der Waals surface area (Å²) >= 11 is 7.08. The lowest BCUT2D eigenvalue weighted by Crippen LogP contribution is -2.47. The molecule has 0 radical (unpaired) electrons. The van der Waals surface area contributed by atoms with Gasteiger partial charge in [-0.05, 0) is 37.0 Å². The summed E-state index contributed by atoms with van der Waals surface area (Å²) in [5.41, 5.74) is 5.56. The number of fused-ring (bicyclic) bond motifs is 1. The summed E-state index contributed by atoms with van der Waals surface area (Å²) in [6.45, 7) is 5.52. The van der Waals surface area contributed by atoms with E-state index in [1.54, 1.807) is 44.5 Å². The highest BCUT2D eigenvalue weighted by Crippen LogP contribution is 2.43. The summed E-state index contributed by atoms with van der Waals surface area (Å²) in [5.74, 6) is 0.542. The summed E-state index contributed by atoms with van der Waals surface area (Å²) in [7, 11) is 3.14. The highest BCUT2D eigenvalue weighted by atomic mass is 35.5. The fraction of sp³-hybridized carbons (Fsp3) is 0.395. The van der Waals surface area contributed by atoms with Gasteiger partial charge in [0.1, 0.15) is 11.5 Å². The Kier molecular flexibility index (Phi) is 10.2. The number of nitrogens with zero attached hydrogens (tertiary/aromatic N) is 5. The molecule has 3 aliphatic rings. The number of piperazine rings is 1. The van der Waals surface area contributed by atoms with Crippen molar-refractivity contribution in [3.8, 4) is 45.4 Å². The Bertz CT molecular complexity index is 1970. The van der Waals surface area contributed by atoms with Crippen LogP contribution >= 0.6 is 11.6 Å². The van der Waals surface area contributed by atoms with Crippen LogP contribution < -0.4 is 20.1 Å². The van der Waals surface area contributed by atoms with Crippen molar-refractivity contribution in [2.45, 2.75) is 51.2 Å². The predicted molar refractivity (Wildman–Crippen MR) is 192 cm³/mol. The maximum atomic E-state index is 16.4. The normalized spacial score (nSPS) is 18.8. The van der Waals surface area contributed by atoms with Crippen molar-refractivity contribution in [3.05, 3.63) is 76.3 Å². The van der Waals surface area contributed by atoms with Gasteiger partial charge in [0, 0.05) is 92.5 Å². The molecule has 2 aromatic carbocycles. The fourth-order valence-electron chi connectivity index (χ4n) is 7.33. The number of methoxy groups -OCH3 is 2. The average molecular weight is 714 g/mol. The van der Waals surface area contributed by atoms with Crippen molar-refractivity contribution in [1.82, 2.24) is 35.4 Å². The minimum Gasteiger partial charge on any atom is -0.481 e. The van der Waals surface area contributed by atoms with Gasteiger partial charge in [-0.3, -0.25) is 19.5 Å². The Morgan fingerprint density at radius 1 is 0.961 bits per heavy atom. The number of halogens is 2. The topological polar surface area (TPSA) is 122 Å². The predicted octanol–water partition coefficient (Wildman–Crippen LogP) is 5.20. The molecule has 13 heteroatoms. The van der Waals surface area contributed by atoms with Gasteiger partial charge >= 0.3 is 0 Å². The molecular formula is C38H41ClFN7O4. The van der Waals surface area contributed by atoms with Gasteiger partial charge in [0.25, 0.3) is 0 Å². The van der Waals surface area contributed by atoms with E-state index in [4.69, 9.17) is 26.1 Å². The highest BCUT2D eigenvalue weighted by Gasteiger charge is 2.31. The third-order valence-corrected chi connectivity index (χ3v) is 10.5. The van der Waals surface area contributed by atoms with Gasteiger partial charge in [-0.25, -0.2) is 14.4 Å². The maximum Gasteiger partial charge on any atom is 0.237 e. The lowest BCUT2D eigenvalue weighted by atomic mass is 9.97. The molecule has 266 valence electrons. The Hall–Kier alpha value is -4.65. The summed E-state index contributed by atoms with van der Waals surface area (Å²) in [6.07, 6.45) is 4.68. The minimum atomic E-state index is -0.479. The van der Waals surface area contributed by atoms with Gasteiger partial charge in [-0.2, -0.15) is 0 Å². The van der Waals surface area contributed by atoms with Crippen LogP contribution in [0.2, 0.25) is 5.02 Å². The van der Waals surface area contributed by atoms with Gasteiger partial charge < -0.3 is 25.0 Å². The summed E-state index contributed by atoms with van der Waals surface area (Å²) in [6, 6.07) is 12.9. The van der Waals surface area contributed by atoms with Crippen molar-refractivity contribution in [2.24, 2.45) is 0 Å². The van der Waals surface area contributed by atoms with Crippen LogP contribution in [0.25, 0.3) is 33.6 Å². The van der Waals surface area contributed by atoms with Crippen LogP contribution in [0.15, 0.2) is 48.7 Å². The van der Waals surface area contributed by atoms with Gasteiger partial charge in [0.2, 0.25) is 23.6 Å². The van der Waals surface area contributed by atoms with E-state index < -0.39 is 5.82 Å². The Morgan fingerprint density at radius 2 is 1.67 bits per heavy atom. The standard InChI is InChI=1S/C38H41ClFN7O4/c1-22(48)47-16-14-46(15-17-47)21-32-37(50-2)45-31(20-42-32)28-9-5-7-26(36(28)40)25-6-4-8-27(35(25)39)30-18-23-10-12-29(34(23)38(44-30)51-3)41-19-24-11-13-33(49)43-24/h4-9,18,20,24,29,41H,10-17,19,21H2,1-3H3,(H,43,49). The first-order chi connectivity index (χ1) is 24.7. The number of pyridine rings is 1. The van der Waals surface area contributed by atoms with E-state index in [0.29, 0.717) is 83.2 Å². The molecule has 2 N–H and O–H groups in total. The summed E-state index contributed by atoms with van der Waals surface area (Å²) in [5, 5.41) is 6.99. The maximum absolute atomic E-state index is 16.4. The number of rotatable bonds is 10. The monoisotopic (exact) mass is 713 g/mol. The molecule has 2 aliphatic heterocycles. The molecule has 0 saturated carbocycles. The first-order valence-electron chi connectivity index (χ1n) is 17.3. The third kappa shape index (κ3) is 7.13. The highest BCUT2D eigenvalue weighted by molar-refractivity contribution is 6.36. The quantitative estimate of drug-likeness (QED) is 0.228. The van der Waals surface area contributed by atoms with Gasteiger partial charge in [-0.15, -0.1) is 0 Å². The number of aryl methyl sites for hydroxylation is 1. The Labute approximate surface area is 301 Å². The van der Waals surface area contributed by atoms with Crippen molar-refractivity contribution in [3.63, 3.8) is 0 Å². The lowest BCUT2D eigenvalue weighted by molar-refractivity contribution is -0.130. The molecule has 1 aliphatic carbocycles. The van der Waals surface area contributed by atoms with Crippen LogP contribution in [0.3, 0.4) is 0 Å². The largest absolute Gasteiger partial charge is 0.481 e. The van der Waals surface area contributed by atoms with Gasteiger partial charge in [0.05, 0.1) is 36.8 Å². The molecule has 51 heavy (non-hydrogen) atoms. The SMILES string of the molecule is COc1nc(-c2cccc(-c3cccc(-c4cc5c(c(OC)n4)C(NCC4CCC(=O)N4)CC5)c3Cl)c2F)cnc1CN1CCN(C(C)=O)CC1. The molecule has 2 aromatic heterocycles. The number of benzene rings is 2. The Balaban J connectivity index is 1.14. The molecule has 4 aromatic rings. The van der Waals surface area contributed by atoms with Gasteiger partial charge in [0.15, 0.2) is 0 Å². The van der Waals surface area contributed by atoms with E-state index in [0.717, 1.165) is 43.5 Å². The van der Waals surface area contributed by atoms with Crippen molar-refractivity contribution >= 4 is 23.4 Å². The van der Waals surface area contributed by atoms with Crippen molar-refractivity contribution in [1.29, 1.82) is 0 Å². The third-order valence-electron chi connectivity index (χ3n) is 10.1. The van der Waals surface area contributed by atoms with Crippen molar-refractivity contribution < 1.29 is 23.5 Å². The van der Waals surface area contributed by atoms with E-state index in [1.807, 2.05) is 23.1 Å². The summed E-state index contributed by atoms with van der Waals surface area (Å²) in [4.78, 5) is 41.6. The number of hydrogen-bond acceptors (Lipinski definition) is 9. The molecule has 0 bridgehead atoms. The molecule has 2 unspecified atom stereocenters. The first kappa shape index (κ1) is 34.8. The van der Waals surface area contributed by atoms with Crippen LogP contribution in [0.4, 0.5) is 4.39 Å². The van der Waals surface area contributed by atoms with Crippen LogP contribution in [0, 0.1) is 5.82 Å². The van der Waals surface area contributed by atoms with E-state index in [9.17, 15) is 9.59 Å². The zero-order valence-electron chi connectivity index (χ0n) is 29.0. The number of aromatic nitrogens is 3. The summed E-state index contributed by atoms with van der Waals surface area (Å²) < 4.78 is 27.8. The molecule has 2 saturated heterocycles. The molecule has 4 heterocycles. The molecule has 2 fully saturated rings. The number of hydrogen-bond donors (Lipinski definition) is 2. The number of carbonyl (C=O) groups excluding carboxylic acids is 2. The fourth-order valence-corrected chi connectivity index (χ4v) is 7.65. The smallest absolute Gasteiger partial charge is 0.237 e. The second-order valence-corrected chi connectivity index (χ2v) is 13.6. The lowest BCUT2D eigenvalue weighted by Gasteiger charge is -2.34. The molecule has 2 amide bonds. The Morgan fingerprint density at radius 3 is 2.37 bits per heavy atom. The zero-order chi connectivity index (χ0) is 35.6. The first-order valence-corrected chi connectivity index (χ1v) is 17.7. The van der Waals surface area contributed by atoms with Gasteiger partial charge in [-0.1, -0.05) is 41.9 Å². The number of nitrogens with one attached hydrogen (secondary N) is 2.